The predicted octanol–water partition coefficient (Wildman–Crippen LogP) is -1.37. The highest BCUT2D eigenvalue weighted by Gasteiger charge is 2.24. The summed E-state index contributed by atoms with van der Waals surface area (Å²) in [6, 6.07) is 4.01. The standard InChI is InChI=1S/C10H12N5S.ClH/c1-2-9(16-7-1)10-12-14-15(13-10)8-3-5-11-6-4-8;/h1-2,7,11H,3-6H2;1H/q+1;/p-1. The summed E-state index contributed by atoms with van der Waals surface area (Å²) in [7, 11) is 0. The van der Waals surface area contributed by atoms with E-state index in [9.17, 15) is 0 Å². The first-order valence-electron chi connectivity index (χ1n) is 5.33. The van der Waals surface area contributed by atoms with Crippen LogP contribution in [-0.4, -0.2) is 29.4 Å². The zero-order valence-electron chi connectivity index (χ0n) is 9.14. The minimum atomic E-state index is 0. The van der Waals surface area contributed by atoms with Gasteiger partial charge in [0.1, 0.15) is 15.7 Å². The van der Waals surface area contributed by atoms with E-state index in [1.165, 1.54) is 5.71 Å². The van der Waals surface area contributed by atoms with Gasteiger partial charge in [-0.3, -0.25) is 0 Å². The Balaban J connectivity index is 0.00000108. The van der Waals surface area contributed by atoms with Crippen molar-refractivity contribution in [2.24, 2.45) is 15.4 Å². The third-order valence-electron chi connectivity index (χ3n) is 2.62. The molecule has 0 unspecified atom stereocenters. The van der Waals surface area contributed by atoms with E-state index in [0.29, 0.717) is 0 Å². The number of hydrogen-bond acceptors (Lipinski definition) is 5. The SMILES string of the molecule is [Cl-].c1csc(C2=N[N+](=C3CCNCC3)N=N2)c1. The summed E-state index contributed by atoms with van der Waals surface area (Å²) < 4.78 is 0. The van der Waals surface area contributed by atoms with Gasteiger partial charge in [0.05, 0.1) is 0 Å². The topological polar surface area (TPSA) is 52.1 Å². The van der Waals surface area contributed by atoms with Crippen molar-refractivity contribution >= 4 is 22.9 Å². The number of hydrogen-bond donors (Lipinski definition) is 1. The molecule has 2 aliphatic heterocycles. The highest BCUT2D eigenvalue weighted by atomic mass is 35.5. The molecular formula is C10H12ClN5S. The summed E-state index contributed by atoms with van der Waals surface area (Å²) in [6.45, 7) is 2.01. The summed E-state index contributed by atoms with van der Waals surface area (Å²) in [5.41, 5.74) is 1.24. The van der Waals surface area contributed by atoms with Gasteiger partial charge in [0, 0.05) is 25.9 Å². The molecule has 17 heavy (non-hydrogen) atoms. The first-order valence-corrected chi connectivity index (χ1v) is 6.21. The Morgan fingerprint density at radius 1 is 1.29 bits per heavy atom. The van der Waals surface area contributed by atoms with E-state index >= 15 is 0 Å². The van der Waals surface area contributed by atoms with Gasteiger partial charge in [-0.2, -0.15) is 0 Å². The fourth-order valence-electron chi connectivity index (χ4n) is 1.77. The minimum Gasteiger partial charge on any atom is -1.00 e. The van der Waals surface area contributed by atoms with Gasteiger partial charge < -0.3 is 17.7 Å². The van der Waals surface area contributed by atoms with Crippen molar-refractivity contribution in [3.05, 3.63) is 22.4 Å². The Labute approximate surface area is 109 Å². The van der Waals surface area contributed by atoms with E-state index in [4.69, 9.17) is 0 Å². The molecule has 1 aromatic heterocycles. The molecule has 1 saturated heterocycles. The van der Waals surface area contributed by atoms with Crippen molar-refractivity contribution in [2.75, 3.05) is 13.1 Å². The van der Waals surface area contributed by atoms with Gasteiger partial charge in [-0.25, -0.2) is 0 Å². The van der Waals surface area contributed by atoms with Crippen molar-refractivity contribution in [3.8, 4) is 0 Å². The molecule has 7 heteroatoms. The number of nitrogens with one attached hydrogen (secondary N) is 1. The summed E-state index contributed by atoms with van der Waals surface area (Å²) in [6.07, 6.45) is 2.00. The van der Waals surface area contributed by atoms with Crippen LogP contribution in [0.25, 0.3) is 0 Å². The second-order valence-corrected chi connectivity index (χ2v) is 4.64. The molecule has 3 rings (SSSR count). The fraction of sp³-hybridized carbons (Fsp3) is 0.400. The van der Waals surface area contributed by atoms with Crippen molar-refractivity contribution < 1.29 is 17.2 Å². The molecular weight excluding hydrogens is 258 g/mol. The fourth-order valence-corrected chi connectivity index (χ4v) is 2.42. The third kappa shape index (κ3) is 2.59. The molecule has 0 amide bonds. The zero-order chi connectivity index (χ0) is 10.8. The number of piperidine rings is 1. The first-order chi connectivity index (χ1) is 7.93. The molecule has 0 saturated carbocycles. The molecule has 0 aliphatic carbocycles. The van der Waals surface area contributed by atoms with Gasteiger partial charge in [-0.05, 0) is 21.3 Å². The predicted molar refractivity (Wildman–Crippen MR) is 63.1 cm³/mol. The molecule has 1 fully saturated rings. The Hall–Kier alpha value is -1.11. The number of halogens is 1. The summed E-state index contributed by atoms with van der Waals surface area (Å²) in [5.74, 6) is 0.723. The van der Waals surface area contributed by atoms with Crippen molar-refractivity contribution in [3.63, 3.8) is 0 Å². The lowest BCUT2D eigenvalue weighted by molar-refractivity contribution is -0.542. The average Bonchev–Trinajstić information content (AvgIpc) is 3.01. The van der Waals surface area contributed by atoms with Gasteiger partial charge in [0.25, 0.3) is 0 Å². The normalized spacial score (nSPS) is 19.2. The first kappa shape index (κ1) is 12.3. The molecule has 5 nitrogen and oxygen atoms in total. The quantitative estimate of drug-likeness (QED) is 0.629. The van der Waals surface area contributed by atoms with Crippen LogP contribution in [0.5, 0.6) is 0 Å². The monoisotopic (exact) mass is 269 g/mol. The van der Waals surface area contributed by atoms with E-state index in [1.807, 2.05) is 17.5 Å². The van der Waals surface area contributed by atoms with Crippen molar-refractivity contribution in [2.45, 2.75) is 12.8 Å². The van der Waals surface area contributed by atoms with E-state index in [2.05, 4.69) is 20.8 Å². The largest absolute Gasteiger partial charge is 1.00 e. The van der Waals surface area contributed by atoms with Crippen molar-refractivity contribution in [1.29, 1.82) is 0 Å². The van der Waals surface area contributed by atoms with E-state index in [-0.39, 0.29) is 12.4 Å². The molecule has 0 radical (unpaired) electrons. The van der Waals surface area contributed by atoms with E-state index in [0.717, 1.165) is 36.6 Å². The number of rotatable bonds is 1. The number of nitrogens with zero attached hydrogens (tertiary/aromatic N) is 4. The van der Waals surface area contributed by atoms with Crippen molar-refractivity contribution in [1.82, 2.24) is 5.32 Å². The Morgan fingerprint density at radius 3 is 2.82 bits per heavy atom. The zero-order valence-corrected chi connectivity index (χ0v) is 10.7. The molecule has 1 aromatic rings. The van der Waals surface area contributed by atoms with Crippen LogP contribution in [0.2, 0.25) is 0 Å². The summed E-state index contributed by atoms with van der Waals surface area (Å²) >= 11 is 1.64. The molecule has 90 valence electrons. The smallest absolute Gasteiger partial charge is 0.352 e. The van der Waals surface area contributed by atoms with Crippen LogP contribution in [0.1, 0.15) is 17.7 Å². The van der Waals surface area contributed by atoms with Gasteiger partial charge in [-0.15, -0.1) is 11.3 Å². The molecule has 1 N–H and O–H groups in total. The molecule has 0 bridgehead atoms. The van der Waals surface area contributed by atoms with Crippen LogP contribution in [0.3, 0.4) is 0 Å². The van der Waals surface area contributed by atoms with Gasteiger partial charge in [0.15, 0.2) is 5.22 Å². The molecule has 0 aromatic carbocycles. The van der Waals surface area contributed by atoms with E-state index in [1.54, 1.807) is 16.1 Å². The molecule has 2 aliphatic rings. The lowest BCUT2D eigenvalue weighted by atomic mass is 10.1. The molecule has 0 spiro atoms. The maximum Gasteiger partial charge on any atom is 0.352 e. The second kappa shape index (κ2) is 5.48. The Morgan fingerprint density at radius 2 is 2.12 bits per heavy atom. The van der Waals surface area contributed by atoms with Crippen LogP contribution in [0, 0.1) is 0 Å². The highest BCUT2D eigenvalue weighted by molar-refractivity contribution is 7.12. The molecule has 0 atom stereocenters. The van der Waals surface area contributed by atoms with Crippen LogP contribution in [0.4, 0.5) is 0 Å². The Kier molecular flexibility index (Phi) is 3.98. The third-order valence-corrected chi connectivity index (χ3v) is 3.48. The van der Waals surface area contributed by atoms with Crippen LogP contribution in [0.15, 0.2) is 33.0 Å². The second-order valence-electron chi connectivity index (χ2n) is 3.70. The van der Waals surface area contributed by atoms with Crippen LogP contribution < -0.4 is 17.7 Å². The minimum absolute atomic E-state index is 0. The summed E-state index contributed by atoms with van der Waals surface area (Å²) in [5, 5.41) is 17.9. The summed E-state index contributed by atoms with van der Waals surface area (Å²) in [4.78, 5) is 2.76. The van der Waals surface area contributed by atoms with Gasteiger partial charge >= 0.3 is 5.84 Å². The van der Waals surface area contributed by atoms with Crippen LogP contribution in [-0.2, 0) is 0 Å². The number of thiophene rings is 1. The molecule has 3 heterocycles. The lowest BCUT2D eigenvalue weighted by Gasteiger charge is -2.10. The van der Waals surface area contributed by atoms with Crippen LogP contribution >= 0.6 is 11.3 Å². The van der Waals surface area contributed by atoms with E-state index < -0.39 is 0 Å². The van der Waals surface area contributed by atoms with Gasteiger partial charge in [-0.1, -0.05) is 6.07 Å². The highest BCUT2D eigenvalue weighted by Crippen LogP contribution is 2.15. The maximum atomic E-state index is 4.42. The average molecular weight is 270 g/mol. The van der Waals surface area contributed by atoms with Gasteiger partial charge in [0.2, 0.25) is 0 Å². The number of amidine groups is 1. The lowest BCUT2D eigenvalue weighted by Crippen LogP contribution is -3.00. The maximum absolute atomic E-state index is 4.42. The number of hydrazone groups is 1. The Bertz CT molecular complexity index is 469.